The third-order valence-corrected chi connectivity index (χ3v) is 20.7. The summed E-state index contributed by atoms with van der Waals surface area (Å²) in [5.74, 6) is -0.599. The van der Waals surface area contributed by atoms with E-state index in [1.54, 1.807) is 0 Å². The number of phosphoric ester groups is 2. The molecule has 0 aromatic carbocycles. The zero-order valence-electron chi connectivity index (χ0n) is 64.1. The van der Waals surface area contributed by atoms with Gasteiger partial charge in [0.25, 0.3) is 0 Å². The Morgan fingerprint density at radius 2 is 0.520 bits per heavy atom. The van der Waals surface area contributed by atoms with Gasteiger partial charge in [0, 0.05) is 25.7 Å². The Labute approximate surface area is 600 Å². The molecule has 0 saturated heterocycles. The molecular formula is C79H154O17P2. The Morgan fingerprint density at radius 3 is 0.776 bits per heavy atom. The molecule has 3 N–H and O–H groups in total. The van der Waals surface area contributed by atoms with Crippen LogP contribution in [0.1, 0.15) is 414 Å². The van der Waals surface area contributed by atoms with E-state index in [0.29, 0.717) is 25.7 Å². The number of aliphatic hydroxyl groups is 1. The highest BCUT2D eigenvalue weighted by atomic mass is 31.2. The first-order chi connectivity index (χ1) is 47.4. The van der Waals surface area contributed by atoms with Crippen molar-refractivity contribution in [3.63, 3.8) is 0 Å². The van der Waals surface area contributed by atoms with E-state index in [0.717, 1.165) is 108 Å². The third kappa shape index (κ3) is 71.1. The Hall–Kier alpha value is -1.94. The normalized spacial score (nSPS) is 14.2. The lowest BCUT2D eigenvalue weighted by Crippen LogP contribution is -2.30. The van der Waals surface area contributed by atoms with Crippen LogP contribution in [0.5, 0.6) is 0 Å². The van der Waals surface area contributed by atoms with Gasteiger partial charge >= 0.3 is 39.5 Å². The van der Waals surface area contributed by atoms with E-state index in [1.165, 1.54) is 225 Å². The van der Waals surface area contributed by atoms with E-state index in [4.69, 9.17) is 37.0 Å². The Balaban J connectivity index is 5.23. The smallest absolute Gasteiger partial charge is 0.462 e. The first-order valence-corrected chi connectivity index (χ1v) is 44.0. The fourth-order valence-electron chi connectivity index (χ4n) is 12.2. The van der Waals surface area contributed by atoms with Crippen molar-refractivity contribution in [2.75, 3.05) is 39.6 Å². The number of ether oxygens (including phenoxy) is 4. The van der Waals surface area contributed by atoms with Crippen LogP contribution in [0.3, 0.4) is 0 Å². The van der Waals surface area contributed by atoms with E-state index in [-0.39, 0.29) is 25.7 Å². The summed E-state index contributed by atoms with van der Waals surface area (Å²) >= 11 is 0. The van der Waals surface area contributed by atoms with Gasteiger partial charge in [-0.15, -0.1) is 0 Å². The van der Waals surface area contributed by atoms with E-state index in [1.807, 2.05) is 0 Å². The topological polar surface area (TPSA) is 237 Å². The lowest BCUT2D eigenvalue weighted by atomic mass is 10.00. The minimum absolute atomic E-state index is 0.107. The number of esters is 4. The minimum Gasteiger partial charge on any atom is -0.462 e. The predicted octanol–water partition coefficient (Wildman–Crippen LogP) is 23.5. The molecule has 0 heterocycles. The van der Waals surface area contributed by atoms with Gasteiger partial charge in [0.2, 0.25) is 0 Å². The molecule has 0 aliphatic heterocycles. The van der Waals surface area contributed by atoms with Crippen LogP contribution in [-0.2, 0) is 65.4 Å². The fraction of sp³-hybridized carbons (Fsp3) is 0.949. The van der Waals surface area contributed by atoms with Crippen LogP contribution in [0.15, 0.2) is 0 Å². The zero-order valence-corrected chi connectivity index (χ0v) is 65.9. The molecule has 0 aliphatic carbocycles. The maximum absolute atomic E-state index is 13.1. The highest BCUT2D eigenvalue weighted by Crippen LogP contribution is 2.45. The van der Waals surface area contributed by atoms with Crippen molar-refractivity contribution in [2.45, 2.75) is 432 Å². The fourth-order valence-corrected chi connectivity index (χ4v) is 13.7. The SMILES string of the molecule is CCCCCCCCCCCCCCCCCCCCCCC(=O)O[C@H](COC(=O)CCCCCCCCCCCCCCC(C)C)COP(=O)(O)OC[C@@H](O)COP(=O)(O)OC[C@@H](COC(=O)CCCCCCCCC(C)CC)OC(=O)CCCCCCCCCCCCCCC. The van der Waals surface area contributed by atoms with Gasteiger partial charge in [-0.2, -0.15) is 0 Å². The monoisotopic (exact) mass is 1440 g/mol. The van der Waals surface area contributed by atoms with Gasteiger partial charge in [-0.25, -0.2) is 9.13 Å². The standard InChI is InChI=1S/C79H154O17P2/c1-7-10-12-14-16-18-20-22-23-24-25-26-27-28-30-36-40-44-52-58-64-78(83)95-74(67-89-76(81)61-55-49-42-38-34-32-31-33-37-41-47-53-59-71(4)5)69-93-97(85,86)91-65-73(80)66-92-98(87,88)94-70-75(68-90-77(82)62-56-50-46-45-48-54-60-72(6)9-3)96-79(84)63-57-51-43-39-35-29-21-19-17-15-13-11-8-2/h71-75,80H,7-70H2,1-6H3,(H,85,86)(H,87,88)/t72?,73-,74-,75-/m1/s1. The Morgan fingerprint density at radius 1 is 0.296 bits per heavy atom. The number of hydrogen-bond donors (Lipinski definition) is 3. The van der Waals surface area contributed by atoms with Crippen LogP contribution in [0.4, 0.5) is 0 Å². The van der Waals surface area contributed by atoms with Gasteiger partial charge in [-0.05, 0) is 37.5 Å². The van der Waals surface area contributed by atoms with Crippen molar-refractivity contribution >= 4 is 39.5 Å². The molecule has 0 fully saturated rings. The highest BCUT2D eigenvalue weighted by Gasteiger charge is 2.30. The number of aliphatic hydroxyl groups excluding tert-OH is 1. The molecule has 98 heavy (non-hydrogen) atoms. The lowest BCUT2D eigenvalue weighted by molar-refractivity contribution is -0.161. The summed E-state index contributed by atoms with van der Waals surface area (Å²) in [6, 6.07) is 0. The highest BCUT2D eigenvalue weighted by molar-refractivity contribution is 7.47. The van der Waals surface area contributed by atoms with Gasteiger partial charge in [-0.1, -0.05) is 363 Å². The third-order valence-electron chi connectivity index (χ3n) is 18.8. The van der Waals surface area contributed by atoms with Crippen LogP contribution in [0.25, 0.3) is 0 Å². The summed E-state index contributed by atoms with van der Waals surface area (Å²) < 4.78 is 68.6. The predicted molar refractivity (Wildman–Crippen MR) is 400 cm³/mol. The van der Waals surface area contributed by atoms with Crippen molar-refractivity contribution in [3.05, 3.63) is 0 Å². The number of rotatable bonds is 78. The van der Waals surface area contributed by atoms with Crippen molar-refractivity contribution < 1.29 is 80.2 Å². The molecule has 0 spiro atoms. The summed E-state index contributed by atoms with van der Waals surface area (Å²) in [6.45, 7) is 9.59. The summed E-state index contributed by atoms with van der Waals surface area (Å²) in [5, 5.41) is 10.6. The van der Waals surface area contributed by atoms with Gasteiger partial charge < -0.3 is 33.8 Å². The molecule has 0 aromatic rings. The van der Waals surface area contributed by atoms with Crippen LogP contribution in [0, 0.1) is 11.8 Å². The summed E-state index contributed by atoms with van der Waals surface area (Å²) in [5.41, 5.74) is 0. The van der Waals surface area contributed by atoms with Gasteiger partial charge in [0.1, 0.15) is 19.3 Å². The van der Waals surface area contributed by atoms with Gasteiger partial charge in [0.15, 0.2) is 12.2 Å². The van der Waals surface area contributed by atoms with E-state index in [9.17, 15) is 43.2 Å². The molecule has 19 heteroatoms. The second-order valence-corrected chi connectivity index (χ2v) is 32.1. The summed E-state index contributed by atoms with van der Waals surface area (Å²) in [4.78, 5) is 72.9. The molecule has 0 bridgehead atoms. The molecule has 0 radical (unpaired) electrons. The molecule has 0 saturated carbocycles. The molecule has 0 aromatic heterocycles. The van der Waals surface area contributed by atoms with Gasteiger partial charge in [0.05, 0.1) is 26.4 Å². The second-order valence-electron chi connectivity index (χ2n) is 29.2. The quantitative estimate of drug-likeness (QED) is 0.0222. The largest absolute Gasteiger partial charge is 0.472 e. The minimum atomic E-state index is -4.96. The molecule has 582 valence electrons. The van der Waals surface area contributed by atoms with E-state index >= 15 is 0 Å². The second kappa shape index (κ2) is 70.7. The number of carbonyl (C=O) groups excluding carboxylic acids is 4. The van der Waals surface area contributed by atoms with Crippen molar-refractivity contribution in [3.8, 4) is 0 Å². The lowest BCUT2D eigenvalue weighted by Gasteiger charge is -2.21. The van der Waals surface area contributed by atoms with Crippen molar-refractivity contribution in [1.82, 2.24) is 0 Å². The molecule has 0 aliphatic rings. The number of unbranched alkanes of at least 4 members (excludes halogenated alkanes) is 47. The Bertz CT molecular complexity index is 1890. The van der Waals surface area contributed by atoms with E-state index < -0.39 is 97.5 Å². The zero-order chi connectivity index (χ0) is 72.1. The van der Waals surface area contributed by atoms with Crippen molar-refractivity contribution in [2.24, 2.45) is 11.8 Å². The molecule has 3 unspecified atom stereocenters. The van der Waals surface area contributed by atoms with Gasteiger partial charge in [-0.3, -0.25) is 37.3 Å². The van der Waals surface area contributed by atoms with Crippen molar-refractivity contribution in [1.29, 1.82) is 0 Å². The maximum Gasteiger partial charge on any atom is 0.472 e. The number of phosphoric acid groups is 2. The van der Waals surface area contributed by atoms with Crippen LogP contribution in [-0.4, -0.2) is 96.7 Å². The average molecular weight is 1440 g/mol. The Kier molecular flexibility index (Phi) is 69.3. The summed E-state index contributed by atoms with van der Waals surface area (Å²) in [6.07, 6.45) is 59.7. The number of carbonyl (C=O) groups is 4. The van der Waals surface area contributed by atoms with Crippen LogP contribution in [0.2, 0.25) is 0 Å². The molecule has 17 nitrogen and oxygen atoms in total. The first kappa shape index (κ1) is 96.1. The van der Waals surface area contributed by atoms with Crippen LogP contribution < -0.4 is 0 Å². The summed E-state index contributed by atoms with van der Waals surface area (Å²) in [7, 11) is -9.92. The maximum atomic E-state index is 13.1. The number of hydrogen-bond acceptors (Lipinski definition) is 15. The average Bonchev–Trinajstić information content (AvgIpc) is 1.47. The van der Waals surface area contributed by atoms with E-state index in [2.05, 4.69) is 41.5 Å². The molecular weight excluding hydrogens is 1280 g/mol. The molecule has 0 amide bonds. The van der Waals surface area contributed by atoms with Crippen LogP contribution >= 0.6 is 15.6 Å². The first-order valence-electron chi connectivity index (χ1n) is 41.0. The molecule has 6 atom stereocenters. The molecule has 0 rings (SSSR count).